The first-order valence-electron chi connectivity index (χ1n) is 12.0. The second-order valence-electron chi connectivity index (χ2n) is 10.9. The molecule has 5 saturated carbocycles. The molecule has 6 aliphatic rings. The Morgan fingerprint density at radius 1 is 1.15 bits per heavy atom. The molecule has 170 valence electrons. The second kappa shape index (κ2) is 6.88. The van der Waals surface area contributed by atoms with Crippen LogP contribution < -0.4 is 16.0 Å². The fraction of sp³-hybridized carbons (Fsp3) is 0.520. The summed E-state index contributed by atoms with van der Waals surface area (Å²) in [5.74, 6) is 2.10. The van der Waals surface area contributed by atoms with Crippen molar-refractivity contribution >= 4 is 45.4 Å². The number of aliphatic imine (C=N–C) groups is 1. The van der Waals surface area contributed by atoms with Crippen molar-refractivity contribution in [2.24, 2.45) is 22.7 Å². The third-order valence-electron chi connectivity index (χ3n) is 8.14. The van der Waals surface area contributed by atoms with Crippen LogP contribution in [0.15, 0.2) is 34.4 Å². The first-order valence-corrected chi connectivity index (χ1v) is 12.9. The van der Waals surface area contributed by atoms with Gasteiger partial charge >= 0.3 is 0 Å². The largest absolute Gasteiger partial charge is 0.350 e. The van der Waals surface area contributed by atoms with Gasteiger partial charge in [-0.1, -0.05) is 6.07 Å². The van der Waals surface area contributed by atoms with Gasteiger partial charge in [0, 0.05) is 17.0 Å². The topological polar surface area (TPSA) is 95.5 Å². The molecule has 33 heavy (non-hydrogen) atoms. The van der Waals surface area contributed by atoms with E-state index in [1.54, 1.807) is 11.3 Å². The summed E-state index contributed by atoms with van der Waals surface area (Å²) in [7, 11) is 0. The van der Waals surface area contributed by atoms with Gasteiger partial charge < -0.3 is 10.6 Å². The van der Waals surface area contributed by atoms with E-state index >= 15 is 0 Å². The summed E-state index contributed by atoms with van der Waals surface area (Å²) >= 11 is 1.59. The highest BCUT2D eigenvalue weighted by Crippen LogP contribution is 2.57. The molecule has 0 saturated heterocycles. The summed E-state index contributed by atoms with van der Waals surface area (Å²) < 4.78 is 1.09. The van der Waals surface area contributed by atoms with E-state index < -0.39 is 0 Å². The number of rotatable bonds is 4. The van der Waals surface area contributed by atoms with Crippen molar-refractivity contribution in [2.45, 2.75) is 62.4 Å². The predicted octanol–water partition coefficient (Wildman–Crippen LogP) is 3.33. The third kappa shape index (κ3) is 3.46. The highest BCUT2D eigenvalue weighted by atomic mass is 32.1. The second-order valence-corrected chi connectivity index (χ2v) is 11.8. The third-order valence-corrected chi connectivity index (χ3v) is 8.93. The minimum Gasteiger partial charge on any atom is -0.350 e. The van der Waals surface area contributed by atoms with Gasteiger partial charge in [0.05, 0.1) is 15.7 Å². The lowest BCUT2D eigenvalue weighted by atomic mass is 9.50. The summed E-state index contributed by atoms with van der Waals surface area (Å²) in [5.41, 5.74) is 3.96. The molecule has 0 radical (unpaired) electrons. The SMILES string of the molecule is O=C1NC(NC23CC4CC(CC(NC(=O)C5CC5)(C4)C2)C3)=N/C1=C\c1ccc2ncsc2c1. The van der Waals surface area contributed by atoms with Crippen molar-refractivity contribution < 1.29 is 9.59 Å². The quantitative estimate of drug-likeness (QED) is 0.609. The Hall–Kier alpha value is -2.74. The lowest BCUT2D eigenvalue weighted by Gasteiger charge is -2.62. The summed E-state index contributed by atoms with van der Waals surface area (Å²) in [5, 5.41) is 10.1. The Bertz CT molecular complexity index is 1230. The van der Waals surface area contributed by atoms with Gasteiger partial charge in [-0.25, -0.2) is 9.98 Å². The summed E-state index contributed by atoms with van der Waals surface area (Å²) in [6, 6.07) is 5.98. The van der Waals surface area contributed by atoms with Crippen molar-refractivity contribution in [3.05, 3.63) is 35.0 Å². The molecule has 4 bridgehead atoms. The first-order chi connectivity index (χ1) is 16.0. The highest BCUT2D eigenvalue weighted by Gasteiger charge is 2.59. The van der Waals surface area contributed by atoms with Gasteiger partial charge in [-0.3, -0.25) is 14.9 Å². The zero-order valence-corrected chi connectivity index (χ0v) is 19.2. The maximum absolute atomic E-state index is 12.7. The molecule has 3 N–H and O–H groups in total. The van der Waals surface area contributed by atoms with Gasteiger partial charge in [0.25, 0.3) is 5.91 Å². The lowest BCUT2D eigenvalue weighted by molar-refractivity contribution is -0.129. The van der Waals surface area contributed by atoms with E-state index in [1.165, 1.54) is 6.42 Å². The fourth-order valence-corrected chi connectivity index (χ4v) is 7.89. The van der Waals surface area contributed by atoms with Crippen molar-refractivity contribution in [3.8, 4) is 0 Å². The van der Waals surface area contributed by atoms with Crippen LogP contribution in [0.4, 0.5) is 0 Å². The van der Waals surface area contributed by atoms with E-state index in [2.05, 4.69) is 25.9 Å². The number of fused-ring (bicyclic) bond motifs is 1. The number of hydrogen-bond donors (Lipinski definition) is 3. The maximum Gasteiger partial charge on any atom is 0.276 e. The van der Waals surface area contributed by atoms with Crippen LogP contribution in [0.1, 0.15) is 56.9 Å². The molecule has 1 aromatic heterocycles. The standard InChI is InChI=1S/C25H27N5O2S/c31-21(17-2-3-17)29-24-8-15-5-16(9-24)11-25(10-15,12-24)30-23-27-19(22(32)28-23)6-14-1-4-18-20(7-14)33-13-26-18/h1,4,6-7,13,15-17H,2-3,5,8-12H2,(H,29,31)(H2,27,28,30,32)/b19-6-. The van der Waals surface area contributed by atoms with Crippen molar-refractivity contribution in [2.75, 3.05) is 0 Å². The molecule has 7 nitrogen and oxygen atoms in total. The molecule has 2 heterocycles. The summed E-state index contributed by atoms with van der Waals surface area (Å²) in [4.78, 5) is 34.3. The molecule has 8 heteroatoms. The predicted molar refractivity (Wildman–Crippen MR) is 127 cm³/mol. The number of guanidine groups is 1. The number of thiazole rings is 1. The summed E-state index contributed by atoms with van der Waals surface area (Å²) in [6.07, 6.45) is 10.4. The van der Waals surface area contributed by atoms with Crippen LogP contribution in [0.5, 0.6) is 0 Å². The van der Waals surface area contributed by atoms with Crippen LogP contribution in [0.3, 0.4) is 0 Å². The molecule has 2 atom stereocenters. The van der Waals surface area contributed by atoms with Gasteiger partial charge in [-0.05, 0) is 87.0 Å². The number of aromatic nitrogens is 1. The number of amides is 2. The van der Waals surface area contributed by atoms with Crippen LogP contribution in [-0.4, -0.2) is 33.8 Å². The lowest BCUT2D eigenvalue weighted by Crippen LogP contribution is -2.70. The van der Waals surface area contributed by atoms with E-state index in [-0.39, 0.29) is 28.8 Å². The van der Waals surface area contributed by atoms with Crippen LogP contribution in [0.25, 0.3) is 16.3 Å². The molecule has 2 unspecified atom stereocenters. The molecule has 1 aromatic carbocycles. The Labute approximate surface area is 196 Å². The van der Waals surface area contributed by atoms with E-state index in [1.807, 2.05) is 29.8 Å². The first kappa shape index (κ1) is 19.7. The molecule has 1 aliphatic heterocycles. The van der Waals surface area contributed by atoms with Gasteiger partial charge in [-0.2, -0.15) is 0 Å². The Morgan fingerprint density at radius 2 is 1.94 bits per heavy atom. The zero-order valence-electron chi connectivity index (χ0n) is 18.4. The van der Waals surface area contributed by atoms with E-state index in [9.17, 15) is 9.59 Å². The number of carbonyl (C=O) groups excluding carboxylic acids is 2. The van der Waals surface area contributed by atoms with Crippen molar-refractivity contribution in [1.29, 1.82) is 0 Å². The van der Waals surface area contributed by atoms with Gasteiger partial charge in [0.1, 0.15) is 5.70 Å². The minimum atomic E-state index is -0.177. The number of hydrogen-bond acceptors (Lipinski definition) is 6. The molecule has 2 amide bonds. The molecule has 0 spiro atoms. The van der Waals surface area contributed by atoms with Crippen molar-refractivity contribution in [3.63, 3.8) is 0 Å². The number of carbonyl (C=O) groups is 2. The molecule has 2 aromatic rings. The minimum absolute atomic E-state index is 0.0945. The molecule has 5 aliphatic carbocycles. The average Bonchev–Trinajstić information content (AvgIpc) is 3.41. The van der Waals surface area contributed by atoms with Crippen LogP contribution in [0.2, 0.25) is 0 Å². The van der Waals surface area contributed by atoms with Crippen LogP contribution in [-0.2, 0) is 9.59 Å². The van der Waals surface area contributed by atoms with Gasteiger partial charge in [-0.15, -0.1) is 11.3 Å². The van der Waals surface area contributed by atoms with Crippen LogP contribution in [0, 0.1) is 17.8 Å². The Balaban J connectivity index is 1.13. The van der Waals surface area contributed by atoms with Crippen molar-refractivity contribution in [1.82, 2.24) is 20.9 Å². The van der Waals surface area contributed by atoms with E-state index in [0.29, 0.717) is 23.5 Å². The Kier molecular flexibility index (Phi) is 4.11. The van der Waals surface area contributed by atoms with E-state index in [4.69, 9.17) is 0 Å². The normalized spacial score (nSPS) is 35.7. The molecular weight excluding hydrogens is 434 g/mol. The number of benzene rings is 1. The smallest absolute Gasteiger partial charge is 0.276 e. The van der Waals surface area contributed by atoms with Gasteiger partial charge in [0.2, 0.25) is 11.9 Å². The molecule has 8 rings (SSSR count). The fourth-order valence-electron chi connectivity index (χ4n) is 7.16. The Morgan fingerprint density at radius 3 is 2.73 bits per heavy atom. The number of nitrogens with one attached hydrogen (secondary N) is 3. The average molecular weight is 462 g/mol. The molecule has 5 fully saturated rings. The van der Waals surface area contributed by atoms with Crippen LogP contribution >= 0.6 is 11.3 Å². The zero-order chi connectivity index (χ0) is 22.2. The number of nitrogens with zero attached hydrogens (tertiary/aromatic N) is 2. The van der Waals surface area contributed by atoms with E-state index in [0.717, 1.165) is 60.7 Å². The highest BCUT2D eigenvalue weighted by molar-refractivity contribution is 7.16. The monoisotopic (exact) mass is 461 g/mol. The van der Waals surface area contributed by atoms with Gasteiger partial charge in [0.15, 0.2) is 0 Å². The summed E-state index contributed by atoms with van der Waals surface area (Å²) in [6.45, 7) is 0. The maximum atomic E-state index is 12.7. The molecular formula is C25H27N5O2S.